The summed E-state index contributed by atoms with van der Waals surface area (Å²) >= 11 is 0. The number of hydrogen-bond donors (Lipinski definition) is 0. The maximum Gasteiger partial charge on any atom is 0.309 e. The van der Waals surface area contributed by atoms with Crippen LogP contribution < -0.4 is 0 Å². The molecule has 3 fully saturated rings. The lowest BCUT2D eigenvalue weighted by Crippen LogP contribution is -2.40. The van der Waals surface area contributed by atoms with Gasteiger partial charge in [-0.05, 0) is 19.8 Å². The number of carbonyl (C=O) groups excluding carboxylic acids is 2. The Morgan fingerprint density at radius 2 is 1.95 bits per heavy atom. The lowest BCUT2D eigenvalue weighted by atomic mass is 9.78. The number of fused-ring (bicyclic) bond motifs is 3. The van der Waals surface area contributed by atoms with E-state index in [2.05, 4.69) is 0 Å². The first-order valence-electron chi connectivity index (χ1n) is 7.82. The third-order valence-electron chi connectivity index (χ3n) is 5.67. The number of esters is 1. The van der Waals surface area contributed by atoms with E-state index in [9.17, 15) is 9.59 Å². The Balaban J connectivity index is 1.89. The van der Waals surface area contributed by atoms with Gasteiger partial charge in [0.15, 0.2) is 0 Å². The van der Waals surface area contributed by atoms with Gasteiger partial charge in [-0.15, -0.1) is 0 Å². The van der Waals surface area contributed by atoms with E-state index >= 15 is 0 Å². The lowest BCUT2D eigenvalue weighted by Gasteiger charge is -2.26. The molecule has 0 unspecified atom stereocenters. The number of ketones is 1. The Morgan fingerprint density at radius 3 is 2.62 bits per heavy atom. The average Bonchev–Trinajstić information content (AvgIpc) is 3.06. The van der Waals surface area contributed by atoms with Crippen molar-refractivity contribution in [2.45, 2.75) is 63.9 Å². The van der Waals surface area contributed by atoms with Crippen molar-refractivity contribution in [3.05, 3.63) is 0 Å². The van der Waals surface area contributed by atoms with E-state index in [-0.39, 0.29) is 47.8 Å². The molecule has 0 N–H and O–H groups in total. The first-order valence-corrected chi connectivity index (χ1v) is 7.82. The summed E-state index contributed by atoms with van der Waals surface area (Å²) in [5.41, 5.74) is -0.519. The van der Waals surface area contributed by atoms with Gasteiger partial charge in [0.2, 0.25) is 0 Å². The van der Waals surface area contributed by atoms with Crippen LogP contribution in [0.2, 0.25) is 0 Å². The molecule has 0 radical (unpaired) electrons. The maximum absolute atomic E-state index is 12.3. The molecule has 3 rings (SSSR count). The van der Waals surface area contributed by atoms with E-state index in [0.717, 1.165) is 12.8 Å². The first kappa shape index (κ1) is 15.0. The van der Waals surface area contributed by atoms with Crippen molar-refractivity contribution in [2.24, 2.45) is 17.8 Å². The van der Waals surface area contributed by atoms with Crippen LogP contribution in [0.5, 0.6) is 0 Å². The molecule has 7 atom stereocenters. The van der Waals surface area contributed by atoms with Gasteiger partial charge in [0.25, 0.3) is 0 Å². The van der Waals surface area contributed by atoms with Gasteiger partial charge < -0.3 is 14.2 Å². The molecule has 118 valence electrons. The van der Waals surface area contributed by atoms with Crippen LogP contribution in [0, 0.1) is 17.8 Å². The van der Waals surface area contributed by atoms with Crippen LogP contribution in [0.25, 0.3) is 0 Å². The molecule has 2 heterocycles. The predicted molar refractivity (Wildman–Crippen MR) is 74.6 cm³/mol. The number of rotatable bonds is 1. The SMILES string of the molecule is CO[C@@H]1CC(=O)[C@H](C)CC[C@@H]2[C@H](OC(=O)[C@H]2C)[C@@H]2O[C@]12C. The van der Waals surface area contributed by atoms with Crippen LogP contribution in [-0.2, 0) is 23.8 Å². The van der Waals surface area contributed by atoms with Gasteiger partial charge in [0.05, 0.1) is 12.0 Å². The predicted octanol–water partition coefficient (Wildman–Crippen LogP) is 1.73. The molecule has 1 aliphatic carbocycles. The average molecular weight is 296 g/mol. The highest BCUT2D eigenvalue weighted by molar-refractivity contribution is 5.81. The molecule has 2 saturated heterocycles. The topological polar surface area (TPSA) is 65.1 Å². The third-order valence-corrected chi connectivity index (χ3v) is 5.67. The fraction of sp³-hybridized carbons (Fsp3) is 0.875. The second kappa shape index (κ2) is 5.06. The molecule has 21 heavy (non-hydrogen) atoms. The minimum Gasteiger partial charge on any atom is -0.459 e. The number of epoxide rings is 1. The first-order chi connectivity index (χ1) is 9.88. The zero-order valence-corrected chi connectivity index (χ0v) is 13.1. The standard InChI is InChI=1S/C16H24O5/c1-8-5-6-10-9(2)15(18)20-13(10)14-16(3,21-14)12(19-4)7-11(8)17/h8-10,12-14H,5-7H2,1-4H3/t8-,9+,10+,12-,13+,14+,16-/m1/s1. The molecule has 1 saturated carbocycles. The molecular weight excluding hydrogens is 272 g/mol. The minimum absolute atomic E-state index is 0.00916. The summed E-state index contributed by atoms with van der Waals surface area (Å²) < 4.78 is 17.0. The molecule has 0 aromatic carbocycles. The smallest absolute Gasteiger partial charge is 0.309 e. The Morgan fingerprint density at radius 1 is 1.24 bits per heavy atom. The van der Waals surface area contributed by atoms with E-state index in [1.165, 1.54) is 0 Å². The minimum atomic E-state index is -0.519. The Kier molecular flexibility index (Phi) is 3.61. The van der Waals surface area contributed by atoms with Crippen molar-refractivity contribution in [3.8, 4) is 0 Å². The van der Waals surface area contributed by atoms with Gasteiger partial charge in [-0.1, -0.05) is 13.8 Å². The summed E-state index contributed by atoms with van der Waals surface area (Å²) in [7, 11) is 1.61. The summed E-state index contributed by atoms with van der Waals surface area (Å²) in [6.07, 6.45) is 1.37. The highest BCUT2D eigenvalue weighted by atomic mass is 16.7. The zero-order chi connectivity index (χ0) is 15.4. The molecule has 5 heteroatoms. The van der Waals surface area contributed by atoms with Gasteiger partial charge in [0.1, 0.15) is 23.6 Å². The fourth-order valence-electron chi connectivity index (χ4n) is 3.89. The Hall–Kier alpha value is -0.940. The van der Waals surface area contributed by atoms with Crippen molar-refractivity contribution in [2.75, 3.05) is 7.11 Å². The van der Waals surface area contributed by atoms with Gasteiger partial charge in [-0.3, -0.25) is 9.59 Å². The molecule has 0 aromatic rings. The third kappa shape index (κ3) is 2.30. The summed E-state index contributed by atoms with van der Waals surface area (Å²) in [6.45, 7) is 5.83. The highest BCUT2D eigenvalue weighted by Crippen LogP contribution is 2.51. The number of ether oxygens (including phenoxy) is 3. The van der Waals surface area contributed by atoms with E-state index < -0.39 is 5.60 Å². The molecule has 0 aromatic heterocycles. The monoisotopic (exact) mass is 296 g/mol. The van der Waals surface area contributed by atoms with Gasteiger partial charge in [0, 0.05) is 25.4 Å². The number of methoxy groups -OCH3 is 1. The second-order valence-corrected chi connectivity index (χ2v) is 6.95. The number of carbonyl (C=O) groups is 2. The quantitative estimate of drug-likeness (QED) is 0.544. The van der Waals surface area contributed by atoms with Crippen LogP contribution in [0.4, 0.5) is 0 Å². The summed E-state index contributed by atoms with van der Waals surface area (Å²) in [5.74, 6) is 0.0789. The molecule has 5 nitrogen and oxygen atoms in total. The highest BCUT2D eigenvalue weighted by Gasteiger charge is 2.66. The Labute approximate surface area is 125 Å². The van der Waals surface area contributed by atoms with E-state index in [0.29, 0.717) is 6.42 Å². The van der Waals surface area contributed by atoms with Gasteiger partial charge in [-0.2, -0.15) is 0 Å². The molecular formula is C16H24O5. The molecule has 0 spiro atoms. The van der Waals surface area contributed by atoms with E-state index in [1.54, 1.807) is 7.11 Å². The number of Topliss-reactive ketones (excluding diaryl/α,β-unsaturated/α-hetero) is 1. The van der Waals surface area contributed by atoms with Crippen molar-refractivity contribution in [1.29, 1.82) is 0 Å². The molecule has 0 amide bonds. The largest absolute Gasteiger partial charge is 0.459 e. The summed E-state index contributed by atoms with van der Waals surface area (Å²) in [4.78, 5) is 24.2. The maximum atomic E-state index is 12.3. The summed E-state index contributed by atoms with van der Waals surface area (Å²) in [5, 5.41) is 0. The normalized spacial score (nSPS) is 50.1. The summed E-state index contributed by atoms with van der Waals surface area (Å²) in [6, 6.07) is 0. The fourth-order valence-corrected chi connectivity index (χ4v) is 3.89. The van der Waals surface area contributed by atoms with E-state index in [1.807, 2.05) is 20.8 Å². The van der Waals surface area contributed by atoms with Crippen molar-refractivity contribution in [3.63, 3.8) is 0 Å². The molecule has 2 aliphatic heterocycles. The van der Waals surface area contributed by atoms with Crippen LogP contribution >= 0.6 is 0 Å². The van der Waals surface area contributed by atoms with Crippen molar-refractivity contribution in [1.82, 2.24) is 0 Å². The second-order valence-electron chi connectivity index (χ2n) is 6.95. The van der Waals surface area contributed by atoms with Gasteiger partial charge >= 0.3 is 5.97 Å². The van der Waals surface area contributed by atoms with Gasteiger partial charge in [-0.25, -0.2) is 0 Å². The molecule has 0 bridgehead atoms. The van der Waals surface area contributed by atoms with Crippen LogP contribution in [0.1, 0.15) is 40.0 Å². The van der Waals surface area contributed by atoms with Crippen LogP contribution in [0.3, 0.4) is 0 Å². The van der Waals surface area contributed by atoms with Crippen LogP contribution in [0.15, 0.2) is 0 Å². The lowest BCUT2D eigenvalue weighted by molar-refractivity contribution is -0.144. The van der Waals surface area contributed by atoms with E-state index in [4.69, 9.17) is 14.2 Å². The van der Waals surface area contributed by atoms with Crippen LogP contribution in [-0.4, -0.2) is 42.8 Å². The van der Waals surface area contributed by atoms with Crippen molar-refractivity contribution < 1.29 is 23.8 Å². The molecule has 3 aliphatic rings. The number of hydrogen-bond acceptors (Lipinski definition) is 5. The zero-order valence-electron chi connectivity index (χ0n) is 13.1. The van der Waals surface area contributed by atoms with Crippen molar-refractivity contribution >= 4 is 11.8 Å². The Bertz CT molecular complexity index is 462.